The summed E-state index contributed by atoms with van der Waals surface area (Å²) in [6, 6.07) is 18.2. The summed E-state index contributed by atoms with van der Waals surface area (Å²) >= 11 is 0. The van der Waals surface area contributed by atoms with Gasteiger partial charge in [0.1, 0.15) is 0 Å². The van der Waals surface area contributed by atoms with E-state index >= 15 is 0 Å². The first-order valence-electron chi connectivity index (χ1n) is 15.2. The summed E-state index contributed by atoms with van der Waals surface area (Å²) in [4.78, 5) is 5.14. The quantitative estimate of drug-likeness (QED) is 0.320. The van der Waals surface area contributed by atoms with E-state index in [1.807, 2.05) is 0 Å². The van der Waals surface area contributed by atoms with Crippen LogP contribution in [0.1, 0.15) is 95.8 Å². The van der Waals surface area contributed by atoms with Crippen molar-refractivity contribution in [3.05, 3.63) is 65.7 Å². The third-order valence-electron chi connectivity index (χ3n) is 9.74. The SMILES string of the molecule is C=C(c1ccc(-c2ccc(CCC3CCN(CC(C)(CC)CC)CC3)cc2C#N)cc1)N1CCCC[C@@H]1C. The maximum Gasteiger partial charge on any atom is 0.0998 e. The first kappa shape index (κ1) is 28.4. The van der Waals surface area contributed by atoms with Crippen LogP contribution in [0.25, 0.3) is 16.8 Å². The molecule has 0 aromatic heterocycles. The molecule has 0 bridgehead atoms. The lowest BCUT2D eigenvalue weighted by Gasteiger charge is -2.38. The molecular formula is C35H49N3. The molecule has 0 unspecified atom stereocenters. The topological polar surface area (TPSA) is 30.3 Å². The fourth-order valence-corrected chi connectivity index (χ4v) is 6.42. The normalized spacial score (nSPS) is 19.3. The Hall–Kier alpha value is -2.57. The number of nitrogens with zero attached hydrogens (tertiary/aromatic N) is 3. The van der Waals surface area contributed by atoms with E-state index in [0.29, 0.717) is 11.5 Å². The lowest BCUT2D eigenvalue weighted by Crippen LogP contribution is -2.40. The van der Waals surface area contributed by atoms with Crippen molar-refractivity contribution in [2.24, 2.45) is 11.3 Å². The van der Waals surface area contributed by atoms with Gasteiger partial charge in [0.25, 0.3) is 0 Å². The van der Waals surface area contributed by atoms with Gasteiger partial charge in [0.05, 0.1) is 11.6 Å². The Morgan fingerprint density at radius 2 is 1.71 bits per heavy atom. The second kappa shape index (κ2) is 13.0. The minimum Gasteiger partial charge on any atom is -0.369 e. The molecule has 0 aliphatic carbocycles. The lowest BCUT2D eigenvalue weighted by molar-refractivity contribution is 0.111. The molecule has 4 rings (SSSR count). The number of hydrogen-bond acceptors (Lipinski definition) is 3. The first-order chi connectivity index (χ1) is 18.4. The van der Waals surface area contributed by atoms with Crippen molar-refractivity contribution in [2.75, 3.05) is 26.2 Å². The van der Waals surface area contributed by atoms with Gasteiger partial charge in [-0.05, 0) is 117 Å². The smallest absolute Gasteiger partial charge is 0.0998 e. The van der Waals surface area contributed by atoms with Gasteiger partial charge in [-0.3, -0.25) is 0 Å². The summed E-state index contributed by atoms with van der Waals surface area (Å²) in [7, 11) is 0. The average Bonchev–Trinajstić information content (AvgIpc) is 2.96. The minimum atomic E-state index is 0.461. The summed E-state index contributed by atoms with van der Waals surface area (Å²) < 4.78 is 0. The number of likely N-dealkylation sites (tertiary alicyclic amines) is 2. The summed E-state index contributed by atoms with van der Waals surface area (Å²) in [6.45, 7) is 18.6. The molecule has 204 valence electrons. The average molecular weight is 512 g/mol. The van der Waals surface area contributed by atoms with E-state index in [1.165, 1.54) is 82.1 Å². The predicted molar refractivity (Wildman–Crippen MR) is 162 cm³/mol. The van der Waals surface area contributed by atoms with Gasteiger partial charge < -0.3 is 9.80 Å². The molecule has 0 N–H and O–H groups in total. The third-order valence-corrected chi connectivity index (χ3v) is 9.74. The summed E-state index contributed by atoms with van der Waals surface area (Å²) in [5.41, 5.74) is 6.97. The summed E-state index contributed by atoms with van der Waals surface area (Å²) in [5, 5.41) is 9.95. The van der Waals surface area contributed by atoms with Crippen LogP contribution >= 0.6 is 0 Å². The maximum absolute atomic E-state index is 9.95. The molecule has 0 spiro atoms. The van der Waals surface area contributed by atoms with Crippen LogP contribution in [0.5, 0.6) is 0 Å². The molecule has 2 aliphatic rings. The molecule has 0 saturated carbocycles. The van der Waals surface area contributed by atoms with Crippen LogP contribution in [0.3, 0.4) is 0 Å². The Labute approximate surface area is 232 Å². The van der Waals surface area contributed by atoms with Crippen molar-refractivity contribution < 1.29 is 0 Å². The fourth-order valence-electron chi connectivity index (χ4n) is 6.42. The molecule has 0 radical (unpaired) electrons. The lowest BCUT2D eigenvalue weighted by atomic mass is 9.83. The van der Waals surface area contributed by atoms with Crippen LogP contribution in [0.2, 0.25) is 0 Å². The van der Waals surface area contributed by atoms with Gasteiger partial charge in [0.15, 0.2) is 0 Å². The second-order valence-corrected chi connectivity index (χ2v) is 12.3. The monoisotopic (exact) mass is 511 g/mol. The second-order valence-electron chi connectivity index (χ2n) is 12.3. The molecule has 3 heteroatoms. The number of hydrogen-bond donors (Lipinski definition) is 0. The number of aryl methyl sites for hydroxylation is 1. The fraction of sp³-hybridized carbons (Fsp3) is 0.571. The Morgan fingerprint density at radius 3 is 2.34 bits per heavy atom. The van der Waals surface area contributed by atoms with Gasteiger partial charge in [0, 0.05) is 24.8 Å². The van der Waals surface area contributed by atoms with E-state index < -0.39 is 0 Å². The van der Waals surface area contributed by atoms with Crippen molar-refractivity contribution >= 4 is 5.70 Å². The van der Waals surface area contributed by atoms with Crippen LogP contribution < -0.4 is 0 Å². The number of rotatable bonds is 10. The van der Waals surface area contributed by atoms with E-state index in [2.05, 4.69) is 92.6 Å². The van der Waals surface area contributed by atoms with Crippen molar-refractivity contribution in [2.45, 2.75) is 91.5 Å². The van der Waals surface area contributed by atoms with E-state index in [-0.39, 0.29) is 0 Å². The standard InChI is InChI=1S/C35H49N3/c1-6-35(5,7-2)26-37-22-19-29(20-23-37)11-12-30-13-18-34(33(24-30)25-36)32-16-14-31(15-17-32)28(4)38-21-9-8-10-27(38)3/h13-18,24,27,29H,4,6-12,19-23,26H2,1-3,5H3/t27-/m0/s1. The predicted octanol–water partition coefficient (Wildman–Crippen LogP) is 8.54. The highest BCUT2D eigenvalue weighted by Gasteiger charge is 2.26. The van der Waals surface area contributed by atoms with Gasteiger partial charge in [-0.1, -0.05) is 63.7 Å². The Balaban J connectivity index is 1.33. The van der Waals surface area contributed by atoms with Gasteiger partial charge in [-0.2, -0.15) is 5.26 Å². The largest absolute Gasteiger partial charge is 0.369 e. The molecule has 0 amide bonds. The Kier molecular flexibility index (Phi) is 9.72. The molecule has 2 aliphatic heterocycles. The molecule has 2 heterocycles. The van der Waals surface area contributed by atoms with Gasteiger partial charge in [0.2, 0.25) is 0 Å². The number of piperidine rings is 2. The molecule has 1 atom stereocenters. The van der Waals surface area contributed by atoms with Crippen LogP contribution in [-0.4, -0.2) is 42.0 Å². The molecule has 2 saturated heterocycles. The van der Waals surface area contributed by atoms with Crippen LogP contribution in [0, 0.1) is 22.7 Å². The number of benzene rings is 2. The molecule has 2 aromatic carbocycles. The molecular weight excluding hydrogens is 462 g/mol. The van der Waals surface area contributed by atoms with Crippen molar-refractivity contribution in [3.8, 4) is 17.2 Å². The molecule has 3 nitrogen and oxygen atoms in total. The molecule has 2 aromatic rings. The van der Waals surface area contributed by atoms with Crippen LogP contribution in [0.15, 0.2) is 49.0 Å². The summed E-state index contributed by atoms with van der Waals surface area (Å²) in [6.07, 6.45) is 11.2. The first-order valence-corrected chi connectivity index (χ1v) is 15.2. The third kappa shape index (κ3) is 6.89. The highest BCUT2D eigenvalue weighted by atomic mass is 15.2. The van der Waals surface area contributed by atoms with Crippen molar-refractivity contribution in [1.29, 1.82) is 5.26 Å². The minimum absolute atomic E-state index is 0.461. The zero-order chi connectivity index (χ0) is 27.1. The van der Waals surface area contributed by atoms with E-state index in [0.717, 1.165) is 41.3 Å². The summed E-state index contributed by atoms with van der Waals surface area (Å²) in [5.74, 6) is 0.800. The zero-order valence-corrected chi connectivity index (χ0v) is 24.4. The molecule has 38 heavy (non-hydrogen) atoms. The van der Waals surface area contributed by atoms with Gasteiger partial charge >= 0.3 is 0 Å². The van der Waals surface area contributed by atoms with Gasteiger partial charge in [-0.25, -0.2) is 0 Å². The Bertz CT molecular complexity index is 1100. The number of nitriles is 1. The zero-order valence-electron chi connectivity index (χ0n) is 24.4. The highest BCUT2D eigenvalue weighted by molar-refractivity contribution is 5.73. The van der Waals surface area contributed by atoms with Crippen LogP contribution in [-0.2, 0) is 6.42 Å². The van der Waals surface area contributed by atoms with Crippen LogP contribution in [0.4, 0.5) is 0 Å². The van der Waals surface area contributed by atoms with Crippen molar-refractivity contribution in [1.82, 2.24) is 9.80 Å². The highest BCUT2D eigenvalue weighted by Crippen LogP contribution is 2.32. The molecule has 2 fully saturated rings. The maximum atomic E-state index is 9.95. The van der Waals surface area contributed by atoms with Crippen molar-refractivity contribution in [3.63, 3.8) is 0 Å². The van der Waals surface area contributed by atoms with Gasteiger partial charge in [-0.15, -0.1) is 0 Å². The Morgan fingerprint density at radius 1 is 1.00 bits per heavy atom. The van der Waals surface area contributed by atoms with E-state index in [4.69, 9.17) is 0 Å². The van der Waals surface area contributed by atoms with E-state index in [1.54, 1.807) is 0 Å². The van der Waals surface area contributed by atoms with E-state index in [9.17, 15) is 5.26 Å².